The van der Waals surface area contributed by atoms with E-state index in [0.717, 1.165) is 18.5 Å². The minimum Gasteiger partial charge on any atom is -0.396 e. The Morgan fingerprint density at radius 3 is 3.11 bits per heavy atom. The number of pyridine rings is 1. The van der Waals surface area contributed by atoms with Crippen LogP contribution in [0.15, 0.2) is 30.6 Å². The summed E-state index contributed by atoms with van der Waals surface area (Å²) >= 11 is 0. The highest BCUT2D eigenvalue weighted by molar-refractivity contribution is 5.92. The Bertz CT molecular complexity index is 517. The third kappa shape index (κ3) is 3.54. The summed E-state index contributed by atoms with van der Waals surface area (Å²) < 4.78 is 1.82. The standard InChI is InChI=1S/C14H19N3O2/c1-11(10-18)5-4-7-15-14(19)12-9-17-8-3-2-6-13(17)16-12/h2-3,6,8-9,11,18H,4-5,7,10H2,1H3,(H,15,19). The van der Waals surface area contributed by atoms with Gasteiger partial charge in [-0.15, -0.1) is 0 Å². The molecule has 1 unspecified atom stereocenters. The minimum atomic E-state index is -0.152. The number of carbonyl (C=O) groups excluding carboxylic acids is 1. The molecule has 0 aliphatic heterocycles. The molecule has 0 fully saturated rings. The first kappa shape index (κ1) is 13.5. The molecule has 0 aliphatic rings. The molecule has 2 aromatic rings. The Hall–Kier alpha value is -1.88. The number of nitrogens with zero attached hydrogens (tertiary/aromatic N) is 2. The van der Waals surface area contributed by atoms with Gasteiger partial charge in [-0.3, -0.25) is 4.79 Å². The number of fused-ring (bicyclic) bond motifs is 1. The molecule has 102 valence electrons. The molecule has 5 nitrogen and oxygen atoms in total. The lowest BCUT2D eigenvalue weighted by Gasteiger charge is -2.07. The zero-order chi connectivity index (χ0) is 13.7. The third-order valence-electron chi connectivity index (χ3n) is 3.07. The lowest BCUT2D eigenvalue weighted by atomic mass is 10.1. The van der Waals surface area contributed by atoms with Crippen LogP contribution < -0.4 is 5.32 Å². The molecule has 5 heteroatoms. The van der Waals surface area contributed by atoms with Gasteiger partial charge in [-0.1, -0.05) is 13.0 Å². The summed E-state index contributed by atoms with van der Waals surface area (Å²) in [6.45, 7) is 2.79. The molecule has 0 saturated carbocycles. The molecule has 2 aromatic heterocycles. The van der Waals surface area contributed by atoms with E-state index in [0.29, 0.717) is 12.2 Å². The molecule has 0 saturated heterocycles. The molecule has 2 rings (SSSR count). The summed E-state index contributed by atoms with van der Waals surface area (Å²) in [6, 6.07) is 5.65. The van der Waals surface area contributed by atoms with Crippen molar-refractivity contribution in [2.75, 3.05) is 13.2 Å². The number of nitrogens with one attached hydrogen (secondary N) is 1. The highest BCUT2D eigenvalue weighted by Crippen LogP contribution is 2.05. The second-order valence-corrected chi connectivity index (χ2v) is 4.78. The molecular formula is C14H19N3O2. The fraction of sp³-hybridized carbons (Fsp3) is 0.429. The first-order valence-corrected chi connectivity index (χ1v) is 6.53. The van der Waals surface area contributed by atoms with Crippen LogP contribution in [0.1, 0.15) is 30.3 Å². The Labute approximate surface area is 112 Å². The van der Waals surface area contributed by atoms with Crippen LogP contribution in [0.3, 0.4) is 0 Å². The van der Waals surface area contributed by atoms with Crippen molar-refractivity contribution in [3.63, 3.8) is 0 Å². The van der Waals surface area contributed by atoms with Gasteiger partial charge in [-0.05, 0) is 30.9 Å². The van der Waals surface area contributed by atoms with Gasteiger partial charge >= 0.3 is 0 Å². The molecule has 0 aromatic carbocycles. The maximum absolute atomic E-state index is 11.9. The van der Waals surface area contributed by atoms with Gasteiger partial charge < -0.3 is 14.8 Å². The van der Waals surface area contributed by atoms with Gasteiger partial charge in [0.1, 0.15) is 11.3 Å². The summed E-state index contributed by atoms with van der Waals surface area (Å²) in [4.78, 5) is 16.1. The quantitative estimate of drug-likeness (QED) is 0.774. The second-order valence-electron chi connectivity index (χ2n) is 4.78. The molecule has 2 heterocycles. The van der Waals surface area contributed by atoms with E-state index in [2.05, 4.69) is 10.3 Å². The zero-order valence-electron chi connectivity index (χ0n) is 11.0. The Morgan fingerprint density at radius 2 is 2.37 bits per heavy atom. The van der Waals surface area contributed by atoms with Crippen molar-refractivity contribution in [3.05, 3.63) is 36.3 Å². The van der Waals surface area contributed by atoms with Crippen LogP contribution in [-0.2, 0) is 0 Å². The van der Waals surface area contributed by atoms with Crippen molar-refractivity contribution in [3.8, 4) is 0 Å². The third-order valence-corrected chi connectivity index (χ3v) is 3.07. The molecule has 19 heavy (non-hydrogen) atoms. The molecule has 0 aliphatic carbocycles. The molecular weight excluding hydrogens is 242 g/mol. The summed E-state index contributed by atoms with van der Waals surface area (Å²) in [5.74, 6) is 0.132. The van der Waals surface area contributed by atoms with Gasteiger partial charge in [0.2, 0.25) is 0 Å². The number of aromatic nitrogens is 2. The highest BCUT2D eigenvalue weighted by Gasteiger charge is 2.09. The smallest absolute Gasteiger partial charge is 0.271 e. The number of imidazole rings is 1. The lowest BCUT2D eigenvalue weighted by molar-refractivity contribution is 0.0947. The van der Waals surface area contributed by atoms with E-state index in [1.807, 2.05) is 35.7 Å². The first-order valence-electron chi connectivity index (χ1n) is 6.53. The van der Waals surface area contributed by atoms with Crippen LogP contribution in [0.2, 0.25) is 0 Å². The van der Waals surface area contributed by atoms with Crippen LogP contribution in [0.25, 0.3) is 5.65 Å². The summed E-state index contributed by atoms with van der Waals surface area (Å²) in [7, 11) is 0. The van der Waals surface area contributed by atoms with Crippen molar-refractivity contribution in [2.24, 2.45) is 5.92 Å². The van der Waals surface area contributed by atoms with Crippen LogP contribution in [0, 0.1) is 5.92 Å². The molecule has 0 radical (unpaired) electrons. The number of hydrogen-bond acceptors (Lipinski definition) is 3. The zero-order valence-corrected chi connectivity index (χ0v) is 11.0. The van der Waals surface area contributed by atoms with E-state index in [-0.39, 0.29) is 18.4 Å². The normalized spacial score (nSPS) is 12.5. The average Bonchev–Trinajstić information content (AvgIpc) is 2.87. The highest BCUT2D eigenvalue weighted by atomic mass is 16.3. The van der Waals surface area contributed by atoms with Gasteiger partial charge in [0, 0.05) is 25.5 Å². The number of hydrogen-bond donors (Lipinski definition) is 2. The largest absolute Gasteiger partial charge is 0.396 e. The van der Waals surface area contributed by atoms with Gasteiger partial charge in [-0.2, -0.15) is 0 Å². The maximum Gasteiger partial charge on any atom is 0.271 e. The van der Waals surface area contributed by atoms with Crippen LogP contribution in [0.4, 0.5) is 0 Å². The van der Waals surface area contributed by atoms with E-state index >= 15 is 0 Å². The SMILES string of the molecule is CC(CO)CCCNC(=O)c1cn2ccccc2n1. The number of rotatable bonds is 6. The fourth-order valence-corrected chi connectivity index (χ4v) is 1.88. The number of amides is 1. The van der Waals surface area contributed by atoms with E-state index in [1.54, 1.807) is 6.20 Å². The fourth-order valence-electron chi connectivity index (χ4n) is 1.88. The number of aliphatic hydroxyl groups excluding tert-OH is 1. The van der Waals surface area contributed by atoms with E-state index < -0.39 is 0 Å². The van der Waals surface area contributed by atoms with Crippen molar-refractivity contribution in [1.82, 2.24) is 14.7 Å². The molecule has 0 spiro atoms. The topological polar surface area (TPSA) is 66.6 Å². The van der Waals surface area contributed by atoms with Crippen LogP contribution in [0.5, 0.6) is 0 Å². The van der Waals surface area contributed by atoms with Crippen molar-refractivity contribution >= 4 is 11.6 Å². The second kappa shape index (κ2) is 6.33. The summed E-state index contributed by atoms with van der Waals surface area (Å²) in [5, 5.41) is 11.7. The number of aliphatic hydroxyl groups is 1. The first-order chi connectivity index (χ1) is 9.20. The van der Waals surface area contributed by atoms with Gasteiger partial charge in [0.15, 0.2) is 0 Å². The number of carbonyl (C=O) groups is 1. The van der Waals surface area contributed by atoms with E-state index in [9.17, 15) is 4.79 Å². The van der Waals surface area contributed by atoms with E-state index in [4.69, 9.17) is 5.11 Å². The van der Waals surface area contributed by atoms with Crippen LogP contribution >= 0.6 is 0 Å². The molecule has 0 bridgehead atoms. The van der Waals surface area contributed by atoms with E-state index in [1.165, 1.54) is 0 Å². The van der Waals surface area contributed by atoms with Crippen molar-refractivity contribution < 1.29 is 9.90 Å². The van der Waals surface area contributed by atoms with Gasteiger partial charge in [0.25, 0.3) is 5.91 Å². The Balaban J connectivity index is 1.86. The van der Waals surface area contributed by atoms with Crippen LogP contribution in [-0.4, -0.2) is 33.6 Å². The monoisotopic (exact) mass is 261 g/mol. The predicted octanol–water partition coefficient (Wildman–Crippen LogP) is 1.47. The lowest BCUT2D eigenvalue weighted by Crippen LogP contribution is -2.25. The maximum atomic E-state index is 11.9. The summed E-state index contributed by atoms with van der Waals surface area (Å²) in [6.07, 6.45) is 5.35. The van der Waals surface area contributed by atoms with Gasteiger partial charge in [0.05, 0.1) is 0 Å². The predicted molar refractivity (Wildman–Crippen MR) is 73.0 cm³/mol. The Kier molecular flexibility index (Phi) is 4.52. The van der Waals surface area contributed by atoms with Gasteiger partial charge in [-0.25, -0.2) is 4.98 Å². The molecule has 2 N–H and O–H groups in total. The minimum absolute atomic E-state index is 0.152. The Morgan fingerprint density at radius 1 is 1.53 bits per heavy atom. The van der Waals surface area contributed by atoms with Crippen molar-refractivity contribution in [2.45, 2.75) is 19.8 Å². The summed E-state index contributed by atoms with van der Waals surface area (Å²) in [5.41, 5.74) is 1.20. The average molecular weight is 261 g/mol. The van der Waals surface area contributed by atoms with Crippen molar-refractivity contribution in [1.29, 1.82) is 0 Å². The molecule has 1 amide bonds. The molecule has 1 atom stereocenters.